The quantitative estimate of drug-likeness (QED) is 0.810. The minimum Gasteiger partial charge on any atom is -0.346 e. The van der Waals surface area contributed by atoms with E-state index in [1.807, 2.05) is 4.40 Å². The van der Waals surface area contributed by atoms with Gasteiger partial charge in [-0.1, -0.05) is 0 Å². The number of anilines is 1. The summed E-state index contributed by atoms with van der Waals surface area (Å²) in [5, 5.41) is 8.01. The summed E-state index contributed by atoms with van der Waals surface area (Å²) in [6, 6.07) is -0.539. The third kappa shape index (κ3) is 2.03. The molecule has 2 aliphatic rings. The van der Waals surface area contributed by atoms with E-state index in [4.69, 9.17) is 10.5 Å². The van der Waals surface area contributed by atoms with Gasteiger partial charge in [-0.25, -0.2) is 13.8 Å². The zero-order valence-electron chi connectivity index (χ0n) is 11.8. The zero-order chi connectivity index (χ0) is 15.3. The average molecular weight is 371 g/mol. The van der Waals surface area contributed by atoms with Crippen molar-refractivity contribution in [2.75, 3.05) is 24.6 Å². The Morgan fingerprint density at radius 1 is 1.41 bits per heavy atom. The van der Waals surface area contributed by atoms with Gasteiger partial charge in [-0.15, -0.1) is 10.2 Å². The maximum atomic E-state index is 13.6. The first-order valence-corrected chi connectivity index (χ1v) is 8.00. The SMILES string of the molecule is N[C@@H]1[C@@H](F)OCC12CCN(c1ncc(Br)c3nncn13)CC2. The Kier molecular flexibility index (Phi) is 3.31. The molecular weight excluding hydrogens is 355 g/mol. The number of aromatic nitrogens is 4. The summed E-state index contributed by atoms with van der Waals surface area (Å²) in [4.78, 5) is 6.64. The van der Waals surface area contributed by atoms with E-state index in [1.54, 1.807) is 12.5 Å². The molecule has 22 heavy (non-hydrogen) atoms. The molecule has 7 nitrogen and oxygen atoms in total. The molecule has 2 N–H and O–H groups in total. The van der Waals surface area contributed by atoms with E-state index in [2.05, 4.69) is 36.0 Å². The molecule has 0 aromatic carbocycles. The van der Waals surface area contributed by atoms with Crippen molar-refractivity contribution in [2.24, 2.45) is 11.1 Å². The zero-order valence-corrected chi connectivity index (χ0v) is 13.4. The number of nitrogens with zero attached hydrogens (tertiary/aromatic N) is 5. The lowest BCUT2D eigenvalue weighted by molar-refractivity contribution is 0.0000457. The van der Waals surface area contributed by atoms with Crippen LogP contribution in [0.5, 0.6) is 0 Å². The standard InChI is InChI=1S/C13H16BrFN6O/c14-8-5-17-12(21-7-18-19-11(8)21)20-3-1-13(2-4-20)6-22-10(15)9(13)16/h5,7,9-10H,1-4,6,16H2/t9-,10+/m1/s1. The summed E-state index contributed by atoms with van der Waals surface area (Å²) in [5.41, 5.74) is 6.48. The number of fused-ring (bicyclic) bond motifs is 1. The molecular formula is C13H16BrFN6O. The summed E-state index contributed by atoms with van der Waals surface area (Å²) in [7, 11) is 0. The molecule has 2 aliphatic heterocycles. The van der Waals surface area contributed by atoms with Crippen molar-refractivity contribution in [3.05, 3.63) is 17.0 Å². The number of nitrogens with two attached hydrogens (primary N) is 1. The lowest BCUT2D eigenvalue weighted by Crippen LogP contribution is -2.50. The Balaban J connectivity index is 1.59. The van der Waals surface area contributed by atoms with Gasteiger partial charge in [0.1, 0.15) is 6.33 Å². The van der Waals surface area contributed by atoms with Crippen LogP contribution in [-0.4, -0.2) is 51.7 Å². The predicted molar refractivity (Wildman–Crippen MR) is 81.2 cm³/mol. The molecule has 2 aromatic rings. The highest BCUT2D eigenvalue weighted by atomic mass is 79.9. The molecule has 4 heterocycles. The van der Waals surface area contributed by atoms with Crippen LogP contribution in [0.15, 0.2) is 17.0 Å². The van der Waals surface area contributed by atoms with E-state index in [1.165, 1.54) is 0 Å². The van der Waals surface area contributed by atoms with Gasteiger partial charge in [-0.05, 0) is 28.8 Å². The predicted octanol–water partition coefficient (Wildman–Crippen LogP) is 1.13. The lowest BCUT2D eigenvalue weighted by Gasteiger charge is -2.41. The normalized spacial score (nSPS) is 27.9. The second-order valence-corrected chi connectivity index (χ2v) is 6.82. The Morgan fingerprint density at radius 2 is 2.18 bits per heavy atom. The number of piperidine rings is 1. The van der Waals surface area contributed by atoms with Crippen molar-refractivity contribution < 1.29 is 9.13 Å². The second kappa shape index (κ2) is 5.10. The van der Waals surface area contributed by atoms with Crippen LogP contribution in [0.1, 0.15) is 12.8 Å². The summed E-state index contributed by atoms with van der Waals surface area (Å²) in [6.45, 7) is 1.91. The van der Waals surface area contributed by atoms with Gasteiger partial charge in [0.15, 0.2) is 5.65 Å². The van der Waals surface area contributed by atoms with Crippen molar-refractivity contribution in [3.63, 3.8) is 0 Å². The molecule has 2 saturated heterocycles. The molecule has 2 aromatic heterocycles. The van der Waals surface area contributed by atoms with Gasteiger partial charge >= 0.3 is 0 Å². The molecule has 0 bridgehead atoms. The molecule has 1 spiro atoms. The van der Waals surface area contributed by atoms with Crippen LogP contribution in [0.2, 0.25) is 0 Å². The van der Waals surface area contributed by atoms with Crippen molar-refractivity contribution in [1.82, 2.24) is 19.6 Å². The van der Waals surface area contributed by atoms with Gasteiger partial charge < -0.3 is 15.4 Å². The summed E-state index contributed by atoms with van der Waals surface area (Å²) >= 11 is 3.42. The van der Waals surface area contributed by atoms with Crippen LogP contribution in [0.3, 0.4) is 0 Å². The summed E-state index contributed by atoms with van der Waals surface area (Å²) < 4.78 is 21.3. The highest BCUT2D eigenvalue weighted by molar-refractivity contribution is 9.10. The number of hydrogen-bond donors (Lipinski definition) is 1. The monoisotopic (exact) mass is 370 g/mol. The Bertz CT molecular complexity index is 701. The van der Waals surface area contributed by atoms with Crippen LogP contribution in [0.25, 0.3) is 5.65 Å². The third-order valence-corrected chi connectivity index (χ3v) is 5.39. The summed E-state index contributed by atoms with van der Waals surface area (Å²) in [6.07, 6.45) is 3.61. The molecule has 2 atom stereocenters. The van der Waals surface area contributed by atoms with Crippen LogP contribution < -0.4 is 10.6 Å². The molecule has 0 radical (unpaired) electrons. The van der Waals surface area contributed by atoms with Crippen molar-refractivity contribution >= 4 is 27.5 Å². The van der Waals surface area contributed by atoms with Gasteiger partial charge in [0, 0.05) is 24.7 Å². The van der Waals surface area contributed by atoms with Crippen molar-refractivity contribution in [3.8, 4) is 0 Å². The van der Waals surface area contributed by atoms with Crippen LogP contribution in [0, 0.1) is 5.41 Å². The fourth-order valence-corrected chi connectivity index (χ4v) is 3.74. The van der Waals surface area contributed by atoms with Crippen molar-refractivity contribution in [1.29, 1.82) is 0 Å². The van der Waals surface area contributed by atoms with Gasteiger partial charge in [-0.3, -0.25) is 0 Å². The first-order valence-electron chi connectivity index (χ1n) is 7.21. The summed E-state index contributed by atoms with van der Waals surface area (Å²) in [5.74, 6) is 0.794. The number of alkyl halides is 1. The van der Waals surface area contributed by atoms with E-state index >= 15 is 0 Å². The van der Waals surface area contributed by atoms with E-state index < -0.39 is 12.4 Å². The minimum absolute atomic E-state index is 0.252. The third-order valence-electron chi connectivity index (χ3n) is 4.83. The molecule has 0 amide bonds. The number of hydrogen-bond acceptors (Lipinski definition) is 6. The van der Waals surface area contributed by atoms with Crippen LogP contribution >= 0.6 is 15.9 Å². The Hall–Kier alpha value is -1.32. The smallest absolute Gasteiger partial charge is 0.214 e. The van der Waals surface area contributed by atoms with Crippen LogP contribution in [-0.2, 0) is 4.74 Å². The van der Waals surface area contributed by atoms with E-state index in [0.717, 1.165) is 42.0 Å². The molecule has 0 saturated carbocycles. The minimum atomic E-state index is -1.35. The van der Waals surface area contributed by atoms with Gasteiger partial charge in [0.25, 0.3) is 0 Å². The fourth-order valence-electron chi connectivity index (χ4n) is 3.37. The first kappa shape index (κ1) is 14.3. The van der Waals surface area contributed by atoms with Gasteiger partial charge in [0.2, 0.25) is 12.3 Å². The van der Waals surface area contributed by atoms with Gasteiger partial charge in [-0.2, -0.15) is 0 Å². The molecule has 118 valence electrons. The average Bonchev–Trinajstić information content (AvgIpc) is 3.12. The molecule has 4 rings (SSSR count). The number of halogens is 2. The van der Waals surface area contributed by atoms with E-state index in [0.29, 0.717) is 6.61 Å². The molecule has 0 aliphatic carbocycles. The molecule has 2 fully saturated rings. The number of ether oxygens (including phenoxy) is 1. The number of rotatable bonds is 1. The Labute approximate surface area is 134 Å². The maximum absolute atomic E-state index is 13.6. The van der Waals surface area contributed by atoms with Gasteiger partial charge in [0.05, 0.1) is 17.1 Å². The van der Waals surface area contributed by atoms with E-state index in [9.17, 15) is 4.39 Å². The highest BCUT2D eigenvalue weighted by Gasteiger charge is 2.49. The Morgan fingerprint density at radius 3 is 2.86 bits per heavy atom. The fraction of sp³-hybridized carbons (Fsp3) is 0.615. The molecule has 0 unspecified atom stereocenters. The topological polar surface area (TPSA) is 81.6 Å². The van der Waals surface area contributed by atoms with Crippen molar-refractivity contribution in [2.45, 2.75) is 25.2 Å². The molecule has 9 heteroatoms. The lowest BCUT2D eigenvalue weighted by atomic mass is 9.75. The first-order chi connectivity index (χ1) is 10.6. The maximum Gasteiger partial charge on any atom is 0.214 e. The highest BCUT2D eigenvalue weighted by Crippen LogP contribution is 2.42. The largest absolute Gasteiger partial charge is 0.346 e. The van der Waals surface area contributed by atoms with Crippen LogP contribution in [0.4, 0.5) is 10.3 Å². The van der Waals surface area contributed by atoms with E-state index in [-0.39, 0.29) is 5.41 Å². The second-order valence-electron chi connectivity index (χ2n) is 5.97.